The number of aromatic nitrogens is 1. The Morgan fingerprint density at radius 1 is 1.25 bits per heavy atom. The molecule has 0 fully saturated rings. The SMILES string of the molecule is CCCOc1ccc(/C=C/C=N/N=C(N)N)n1-c1cccc(C)c1. The van der Waals surface area contributed by atoms with Crippen molar-refractivity contribution >= 4 is 18.3 Å². The number of nitrogens with zero attached hydrogens (tertiary/aromatic N) is 3. The van der Waals surface area contributed by atoms with Gasteiger partial charge in [0.15, 0.2) is 5.88 Å². The van der Waals surface area contributed by atoms with E-state index in [0.29, 0.717) is 6.61 Å². The Hall–Kier alpha value is -3.02. The molecule has 1 heterocycles. The Balaban J connectivity index is 2.34. The van der Waals surface area contributed by atoms with Crippen LogP contribution in [-0.4, -0.2) is 23.3 Å². The highest BCUT2D eigenvalue weighted by Crippen LogP contribution is 2.25. The maximum atomic E-state index is 5.86. The summed E-state index contributed by atoms with van der Waals surface area (Å²) in [5.74, 6) is 0.737. The predicted octanol–water partition coefficient (Wildman–Crippen LogP) is 2.85. The molecule has 24 heavy (non-hydrogen) atoms. The Morgan fingerprint density at radius 2 is 2.08 bits per heavy atom. The van der Waals surface area contributed by atoms with E-state index in [1.807, 2.05) is 24.3 Å². The molecule has 2 aromatic rings. The minimum Gasteiger partial charge on any atom is -0.479 e. The largest absolute Gasteiger partial charge is 0.479 e. The van der Waals surface area contributed by atoms with Gasteiger partial charge in [-0.25, -0.2) is 0 Å². The summed E-state index contributed by atoms with van der Waals surface area (Å²) in [6, 6.07) is 12.2. The summed E-state index contributed by atoms with van der Waals surface area (Å²) in [5.41, 5.74) is 13.6. The van der Waals surface area contributed by atoms with Gasteiger partial charge in [0, 0.05) is 23.7 Å². The van der Waals surface area contributed by atoms with Crippen molar-refractivity contribution < 1.29 is 4.74 Å². The standard InChI is InChI=1S/C18H23N5O/c1-3-12-24-17-10-9-15(8-5-11-21-22-18(19)20)23(17)16-7-4-6-14(2)13-16/h4-11,13H,3,12H2,1-2H3,(H4,19,20,22)/b8-5+,21-11+. The fourth-order valence-corrected chi connectivity index (χ4v) is 2.21. The lowest BCUT2D eigenvalue weighted by Crippen LogP contribution is -2.21. The van der Waals surface area contributed by atoms with Crippen molar-refractivity contribution in [2.45, 2.75) is 20.3 Å². The third-order valence-corrected chi connectivity index (χ3v) is 3.18. The van der Waals surface area contributed by atoms with Gasteiger partial charge in [0.05, 0.1) is 6.61 Å². The zero-order valence-corrected chi connectivity index (χ0v) is 14.0. The second kappa shape index (κ2) is 8.57. The number of guanidine groups is 1. The molecule has 0 saturated heterocycles. The van der Waals surface area contributed by atoms with Crippen LogP contribution >= 0.6 is 0 Å². The van der Waals surface area contributed by atoms with Gasteiger partial charge in [-0.2, -0.15) is 5.10 Å². The monoisotopic (exact) mass is 325 g/mol. The molecule has 0 saturated carbocycles. The smallest absolute Gasteiger partial charge is 0.211 e. The normalized spacial score (nSPS) is 11.2. The molecule has 0 aliphatic heterocycles. The third kappa shape index (κ3) is 4.74. The number of benzene rings is 1. The van der Waals surface area contributed by atoms with Crippen LogP contribution in [0.1, 0.15) is 24.6 Å². The summed E-state index contributed by atoms with van der Waals surface area (Å²) in [4.78, 5) is 0. The van der Waals surface area contributed by atoms with E-state index in [1.54, 1.807) is 6.08 Å². The molecule has 4 N–H and O–H groups in total. The molecule has 0 aliphatic rings. The number of allylic oxidation sites excluding steroid dienone is 1. The highest BCUT2D eigenvalue weighted by molar-refractivity contribution is 5.80. The molecule has 0 radical (unpaired) electrons. The molecule has 0 amide bonds. The lowest BCUT2D eigenvalue weighted by atomic mass is 10.2. The van der Waals surface area contributed by atoms with Crippen LogP contribution in [0, 0.1) is 6.92 Å². The summed E-state index contributed by atoms with van der Waals surface area (Å²) in [6.45, 7) is 4.82. The van der Waals surface area contributed by atoms with Gasteiger partial charge >= 0.3 is 0 Å². The molecule has 6 nitrogen and oxygen atoms in total. The van der Waals surface area contributed by atoms with Gasteiger partial charge in [-0.3, -0.25) is 4.57 Å². The highest BCUT2D eigenvalue weighted by atomic mass is 16.5. The zero-order valence-electron chi connectivity index (χ0n) is 14.0. The van der Waals surface area contributed by atoms with Crippen LogP contribution in [0.2, 0.25) is 0 Å². The van der Waals surface area contributed by atoms with E-state index in [0.717, 1.165) is 23.7 Å². The molecule has 126 valence electrons. The first-order chi connectivity index (χ1) is 11.6. The average Bonchev–Trinajstić information content (AvgIpc) is 2.95. The zero-order chi connectivity index (χ0) is 17.4. The van der Waals surface area contributed by atoms with E-state index < -0.39 is 0 Å². The van der Waals surface area contributed by atoms with Crippen LogP contribution in [0.25, 0.3) is 11.8 Å². The van der Waals surface area contributed by atoms with Crippen LogP contribution in [-0.2, 0) is 0 Å². The van der Waals surface area contributed by atoms with Crippen molar-refractivity contribution in [2.75, 3.05) is 6.61 Å². The number of hydrogen-bond donors (Lipinski definition) is 2. The second-order valence-electron chi connectivity index (χ2n) is 5.27. The minimum absolute atomic E-state index is 0.0713. The van der Waals surface area contributed by atoms with Crippen molar-refractivity contribution in [1.29, 1.82) is 0 Å². The van der Waals surface area contributed by atoms with Crippen molar-refractivity contribution in [3.8, 4) is 11.6 Å². The van der Waals surface area contributed by atoms with Crippen molar-refractivity contribution in [3.05, 3.63) is 53.7 Å². The van der Waals surface area contributed by atoms with Crippen molar-refractivity contribution in [2.24, 2.45) is 21.7 Å². The highest BCUT2D eigenvalue weighted by Gasteiger charge is 2.09. The summed E-state index contributed by atoms with van der Waals surface area (Å²) < 4.78 is 7.92. The molecule has 0 unspecified atom stereocenters. The van der Waals surface area contributed by atoms with Crippen molar-refractivity contribution in [3.63, 3.8) is 0 Å². The first-order valence-electron chi connectivity index (χ1n) is 7.82. The number of ether oxygens (including phenoxy) is 1. The topological polar surface area (TPSA) is 90.9 Å². The Morgan fingerprint density at radius 3 is 2.79 bits per heavy atom. The predicted molar refractivity (Wildman–Crippen MR) is 99.6 cm³/mol. The van der Waals surface area contributed by atoms with E-state index in [-0.39, 0.29) is 5.96 Å². The molecule has 0 bridgehead atoms. The van der Waals surface area contributed by atoms with E-state index in [9.17, 15) is 0 Å². The second-order valence-corrected chi connectivity index (χ2v) is 5.27. The minimum atomic E-state index is -0.0713. The van der Waals surface area contributed by atoms with Gasteiger partial charge in [-0.1, -0.05) is 19.1 Å². The fraction of sp³-hybridized carbons (Fsp3) is 0.222. The van der Waals surface area contributed by atoms with E-state index in [1.165, 1.54) is 11.8 Å². The Kier molecular flexibility index (Phi) is 6.19. The first kappa shape index (κ1) is 17.3. The quantitative estimate of drug-likeness (QED) is 0.466. The molecular weight excluding hydrogens is 302 g/mol. The molecule has 1 aromatic carbocycles. The van der Waals surface area contributed by atoms with Gasteiger partial charge in [-0.15, -0.1) is 5.10 Å². The lowest BCUT2D eigenvalue weighted by Gasteiger charge is -2.13. The maximum absolute atomic E-state index is 5.86. The fourth-order valence-electron chi connectivity index (χ4n) is 2.21. The third-order valence-electron chi connectivity index (χ3n) is 3.18. The molecule has 1 aromatic heterocycles. The maximum Gasteiger partial charge on any atom is 0.211 e. The van der Waals surface area contributed by atoms with E-state index >= 15 is 0 Å². The summed E-state index contributed by atoms with van der Waals surface area (Å²) in [7, 11) is 0. The summed E-state index contributed by atoms with van der Waals surface area (Å²) in [6.07, 6.45) is 6.18. The number of hydrogen-bond acceptors (Lipinski definition) is 3. The number of rotatable bonds is 7. The van der Waals surface area contributed by atoms with Crippen LogP contribution < -0.4 is 16.2 Å². The molecule has 0 atom stereocenters. The van der Waals surface area contributed by atoms with Gasteiger partial charge in [0.1, 0.15) is 0 Å². The average molecular weight is 325 g/mol. The van der Waals surface area contributed by atoms with Crippen LogP contribution in [0.4, 0.5) is 0 Å². The molecule has 6 heteroatoms. The van der Waals surface area contributed by atoms with Gasteiger partial charge in [0.2, 0.25) is 5.96 Å². The molecule has 0 spiro atoms. The van der Waals surface area contributed by atoms with Crippen LogP contribution in [0.3, 0.4) is 0 Å². The van der Waals surface area contributed by atoms with E-state index in [2.05, 4.69) is 46.8 Å². The molecule has 2 rings (SSSR count). The number of nitrogens with two attached hydrogens (primary N) is 2. The number of aryl methyl sites for hydroxylation is 1. The Bertz CT molecular complexity index is 755. The lowest BCUT2D eigenvalue weighted by molar-refractivity contribution is 0.300. The van der Waals surface area contributed by atoms with Crippen molar-refractivity contribution in [1.82, 2.24) is 4.57 Å². The Labute approximate surface area is 142 Å². The van der Waals surface area contributed by atoms with Gasteiger partial charge in [0.25, 0.3) is 0 Å². The van der Waals surface area contributed by atoms with Crippen LogP contribution in [0.15, 0.2) is 52.7 Å². The summed E-state index contributed by atoms with van der Waals surface area (Å²) in [5, 5.41) is 7.30. The van der Waals surface area contributed by atoms with Gasteiger partial charge < -0.3 is 16.2 Å². The van der Waals surface area contributed by atoms with Crippen LogP contribution in [0.5, 0.6) is 5.88 Å². The van der Waals surface area contributed by atoms with E-state index in [4.69, 9.17) is 16.2 Å². The summed E-state index contributed by atoms with van der Waals surface area (Å²) >= 11 is 0. The molecular formula is C18H23N5O. The first-order valence-corrected chi connectivity index (χ1v) is 7.82. The van der Waals surface area contributed by atoms with Gasteiger partial charge in [-0.05, 0) is 49.3 Å². The molecule has 0 aliphatic carbocycles.